The molecule has 2 aliphatic rings. The van der Waals surface area contributed by atoms with Crippen LogP contribution in [0.5, 0.6) is 0 Å². The highest BCUT2D eigenvalue weighted by Crippen LogP contribution is 2.46. The van der Waals surface area contributed by atoms with E-state index in [1.54, 1.807) is 14.2 Å². The molecule has 8 heteroatoms. The Kier molecular flexibility index (Phi) is 11.4. The molecule has 38 heavy (non-hydrogen) atoms. The third-order valence-electron chi connectivity index (χ3n) is 9.17. The first-order chi connectivity index (χ1) is 17.6. The summed E-state index contributed by atoms with van der Waals surface area (Å²) in [6, 6.07) is 0. The molecule has 0 N–H and O–H groups in total. The molecule has 0 aromatic heterocycles. The molecule has 2 aliphatic heterocycles. The first kappa shape index (κ1) is 33.2. The zero-order chi connectivity index (χ0) is 28.9. The summed E-state index contributed by atoms with van der Waals surface area (Å²) in [5, 5.41) is 0.0678. The van der Waals surface area contributed by atoms with Crippen molar-refractivity contribution < 1.29 is 32.9 Å². The van der Waals surface area contributed by atoms with Gasteiger partial charge in [-0.05, 0) is 57.7 Å². The monoisotopic (exact) mass is 554 g/mol. The maximum atomic E-state index is 12.6. The van der Waals surface area contributed by atoms with Crippen LogP contribution in [-0.4, -0.2) is 70.9 Å². The predicted molar refractivity (Wildman–Crippen MR) is 154 cm³/mol. The van der Waals surface area contributed by atoms with Gasteiger partial charge < -0.3 is 28.1 Å². The quantitative estimate of drug-likeness (QED) is 0.106. The third-order valence-corrected chi connectivity index (χ3v) is 13.8. The number of carbonyl (C=O) groups excluding carboxylic acids is 1. The van der Waals surface area contributed by atoms with E-state index in [2.05, 4.69) is 60.9 Å². The summed E-state index contributed by atoms with van der Waals surface area (Å²) in [6.45, 7) is 25.7. The molecule has 0 aliphatic carbocycles. The van der Waals surface area contributed by atoms with Crippen LogP contribution >= 0.6 is 0 Å². The van der Waals surface area contributed by atoms with Crippen LogP contribution in [0, 0.1) is 11.8 Å². The lowest BCUT2D eigenvalue weighted by Gasteiger charge is -2.52. The lowest BCUT2D eigenvalue weighted by atomic mass is 9.77. The van der Waals surface area contributed by atoms with Gasteiger partial charge in [0.25, 0.3) is 0 Å². The van der Waals surface area contributed by atoms with Gasteiger partial charge in [0.1, 0.15) is 19.0 Å². The van der Waals surface area contributed by atoms with E-state index in [0.717, 1.165) is 12.8 Å². The predicted octanol–water partition coefficient (Wildman–Crippen LogP) is 6.43. The standard InChI is InChI=1S/C30H54O7Si/c1-13-16-30(8,37-38(11,12)28(4,5)6)23-15-17-29(7,33-10)24(35-23)18-22-19-25(31)36-27(22)26(21(3)14-2)34-20-32-9/h13-14,21-24,26-27H,1-2,15-20H2,3-12H3/t21-,22-,23+,24+,26+,27+,29-,30-/m0/s1. The molecule has 2 fully saturated rings. The zero-order valence-corrected chi connectivity index (χ0v) is 26.6. The van der Waals surface area contributed by atoms with Gasteiger partial charge in [-0.25, -0.2) is 0 Å². The minimum Gasteiger partial charge on any atom is -0.459 e. The van der Waals surface area contributed by atoms with Crippen LogP contribution in [0.1, 0.15) is 73.6 Å². The van der Waals surface area contributed by atoms with Gasteiger partial charge in [-0.1, -0.05) is 39.8 Å². The average Bonchev–Trinajstić information content (AvgIpc) is 3.19. The Labute approximate surface area is 232 Å². The first-order valence-corrected chi connectivity index (χ1v) is 16.9. The van der Waals surface area contributed by atoms with Gasteiger partial charge in [0.05, 0.1) is 29.8 Å². The van der Waals surface area contributed by atoms with Crippen LogP contribution in [0.4, 0.5) is 0 Å². The minimum atomic E-state index is -2.09. The lowest BCUT2D eigenvalue weighted by Crippen LogP contribution is -2.59. The second-order valence-electron chi connectivity index (χ2n) is 13.1. The molecule has 8 atom stereocenters. The van der Waals surface area contributed by atoms with Gasteiger partial charge >= 0.3 is 5.97 Å². The second-order valence-corrected chi connectivity index (χ2v) is 17.8. The molecule has 0 spiro atoms. The van der Waals surface area contributed by atoms with E-state index in [1.165, 1.54) is 0 Å². The van der Waals surface area contributed by atoms with Crippen LogP contribution in [0.3, 0.4) is 0 Å². The van der Waals surface area contributed by atoms with E-state index in [1.807, 2.05) is 19.1 Å². The summed E-state index contributed by atoms with van der Waals surface area (Å²) in [7, 11) is 1.23. The van der Waals surface area contributed by atoms with Crippen LogP contribution in [0.25, 0.3) is 0 Å². The fraction of sp³-hybridized carbons (Fsp3) is 0.833. The number of rotatable bonds is 14. The van der Waals surface area contributed by atoms with Gasteiger partial charge in [0.15, 0.2) is 8.32 Å². The van der Waals surface area contributed by atoms with Crippen molar-refractivity contribution in [2.24, 2.45) is 11.8 Å². The summed E-state index contributed by atoms with van der Waals surface area (Å²) in [4.78, 5) is 12.6. The molecule has 7 nitrogen and oxygen atoms in total. The number of esters is 1. The van der Waals surface area contributed by atoms with Crippen LogP contribution in [0.15, 0.2) is 25.3 Å². The summed E-state index contributed by atoms with van der Waals surface area (Å²) < 4.78 is 37.0. The molecule has 0 bridgehead atoms. The van der Waals surface area contributed by atoms with E-state index in [4.69, 9.17) is 28.1 Å². The summed E-state index contributed by atoms with van der Waals surface area (Å²) >= 11 is 0. The zero-order valence-electron chi connectivity index (χ0n) is 25.6. The number of methoxy groups -OCH3 is 2. The Bertz CT molecular complexity index is 809. The van der Waals surface area contributed by atoms with Gasteiger partial charge in [0, 0.05) is 26.1 Å². The third kappa shape index (κ3) is 7.58. The fourth-order valence-electron chi connectivity index (χ4n) is 5.52. The Hall–Kier alpha value is -1.03. The van der Waals surface area contributed by atoms with Gasteiger partial charge in [-0.15, -0.1) is 13.2 Å². The molecule has 0 amide bonds. The maximum absolute atomic E-state index is 12.6. The maximum Gasteiger partial charge on any atom is 0.306 e. The van der Waals surface area contributed by atoms with Crippen molar-refractivity contribution in [3.8, 4) is 0 Å². The highest BCUT2D eigenvalue weighted by atomic mass is 28.4. The molecule has 2 heterocycles. The first-order valence-electron chi connectivity index (χ1n) is 14.0. The van der Waals surface area contributed by atoms with Crippen molar-refractivity contribution in [2.45, 2.75) is 127 Å². The normalized spacial score (nSPS) is 31.8. The topological polar surface area (TPSA) is 72.5 Å². The highest BCUT2D eigenvalue weighted by molar-refractivity contribution is 6.74. The van der Waals surface area contributed by atoms with E-state index >= 15 is 0 Å². The second kappa shape index (κ2) is 13.1. The number of cyclic esters (lactones) is 1. The van der Waals surface area contributed by atoms with Crippen molar-refractivity contribution in [1.82, 2.24) is 0 Å². The minimum absolute atomic E-state index is 0.0220. The lowest BCUT2D eigenvalue weighted by molar-refractivity contribution is -0.225. The Balaban J connectivity index is 2.35. The number of ether oxygens (including phenoxy) is 5. The van der Waals surface area contributed by atoms with Crippen molar-refractivity contribution >= 4 is 14.3 Å². The van der Waals surface area contributed by atoms with Gasteiger partial charge in [0.2, 0.25) is 0 Å². The Morgan fingerprint density at radius 2 is 1.87 bits per heavy atom. The Morgan fingerprint density at radius 3 is 2.39 bits per heavy atom. The largest absolute Gasteiger partial charge is 0.459 e. The molecule has 0 radical (unpaired) electrons. The molecule has 2 rings (SSSR count). The van der Waals surface area contributed by atoms with E-state index < -0.39 is 25.6 Å². The van der Waals surface area contributed by atoms with Gasteiger partial charge in [-0.3, -0.25) is 4.79 Å². The molecule has 220 valence electrons. The summed E-state index contributed by atoms with van der Waals surface area (Å²) in [6.07, 6.45) is 5.87. The molecule has 0 aromatic carbocycles. The molecule has 0 saturated carbocycles. The van der Waals surface area contributed by atoms with E-state index in [9.17, 15) is 4.79 Å². The van der Waals surface area contributed by atoms with Crippen LogP contribution in [0.2, 0.25) is 18.1 Å². The van der Waals surface area contributed by atoms with E-state index in [0.29, 0.717) is 19.3 Å². The molecular formula is C30H54O7Si. The van der Waals surface area contributed by atoms with Crippen molar-refractivity contribution in [1.29, 1.82) is 0 Å². The molecule has 0 aromatic rings. The van der Waals surface area contributed by atoms with Crippen LogP contribution in [-0.2, 0) is 32.9 Å². The Morgan fingerprint density at radius 1 is 1.21 bits per heavy atom. The molecule has 0 unspecified atom stereocenters. The van der Waals surface area contributed by atoms with Crippen molar-refractivity contribution in [3.05, 3.63) is 25.3 Å². The molecular weight excluding hydrogens is 500 g/mol. The average molecular weight is 555 g/mol. The summed E-state index contributed by atoms with van der Waals surface area (Å²) in [5.74, 6) is -0.324. The number of hydrogen-bond donors (Lipinski definition) is 0. The molecule has 2 saturated heterocycles. The fourth-order valence-corrected chi connectivity index (χ4v) is 7.21. The summed E-state index contributed by atoms with van der Waals surface area (Å²) in [5.41, 5.74) is -1.01. The van der Waals surface area contributed by atoms with Crippen molar-refractivity contribution in [3.63, 3.8) is 0 Å². The van der Waals surface area contributed by atoms with Crippen molar-refractivity contribution in [2.75, 3.05) is 21.0 Å². The smallest absolute Gasteiger partial charge is 0.306 e. The van der Waals surface area contributed by atoms with E-state index in [-0.39, 0.29) is 47.9 Å². The van der Waals surface area contributed by atoms with Crippen LogP contribution < -0.4 is 0 Å². The highest BCUT2D eigenvalue weighted by Gasteiger charge is 2.53. The number of hydrogen-bond acceptors (Lipinski definition) is 7. The number of carbonyl (C=O) groups is 1. The van der Waals surface area contributed by atoms with Gasteiger partial charge in [-0.2, -0.15) is 0 Å². The SMILES string of the molecule is C=CC[C@](C)(O[Si](C)(C)C(C)(C)C)[C@H]1CC[C@](C)(OC)[C@@H](C[C@H]2CC(=O)O[C@H]2[C@H](OCOC)[C@@H](C)C=C)O1.